The standard InChI is InChI=1S/C16H26N2O/c1-4-6-13(3)16(19)18-15-9-7-14(8-10-15)12-17-11-5-2/h7-10,13,17H,4-6,11-12H2,1-3H3,(H,18,19). The number of carbonyl (C=O) groups is 1. The zero-order chi connectivity index (χ0) is 14.1. The first kappa shape index (κ1) is 15.7. The molecule has 3 nitrogen and oxygen atoms in total. The van der Waals surface area contributed by atoms with E-state index in [1.807, 2.05) is 19.1 Å². The number of carbonyl (C=O) groups excluding carboxylic acids is 1. The summed E-state index contributed by atoms with van der Waals surface area (Å²) in [5.41, 5.74) is 2.13. The minimum Gasteiger partial charge on any atom is -0.326 e. The lowest BCUT2D eigenvalue weighted by molar-refractivity contribution is -0.119. The predicted octanol–water partition coefficient (Wildman–Crippen LogP) is 3.56. The van der Waals surface area contributed by atoms with Crippen molar-refractivity contribution in [2.75, 3.05) is 11.9 Å². The molecule has 2 N–H and O–H groups in total. The van der Waals surface area contributed by atoms with Crippen LogP contribution in [0.3, 0.4) is 0 Å². The summed E-state index contributed by atoms with van der Waals surface area (Å²) in [6.07, 6.45) is 3.12. The van der Waals surface area contributed by atoms with Gasteiger partial charge >= 0.3 is 0 Å². The largest absolute Gasteiger partial charge is 0.326 e. The fourth-order valence-corrected chi connectivity index (χ4v) is 1.94. The van der Waals surface area contributed by atoms with Crippen LogP contribution in [-0.4, -0.2) is 12.5 Å². The van der Waals surface area contributed by atoms with Gasteiger partial charge in [-0.3, -0.25) is 4.79 Å². The zero-order valence-electron chi connectivity index (χ0n) is 12.3. The Bertz CT molecular complexity index is 373. The normalized spacial score (nSPS) is 12.2. The van der Waals surface area contributed by atoms with Gasteiger partial charge in [0.2, 0.25) is 5.91 Å². The van der Waals surface area contributed by atoms with E-state index in [0.717, 1.165) is 38.0 Å². The number of benzene rings is 1. The maximum atomic E-state index is 11.9. The topological polar surface area (TPSA) is 41.1 Å². The Morgan fingerprint density at radius 1 is 1.16 bits per heavy atom. The summed E-state index contributed by atoms with van der Waals surface area (Å²) in [5, 5.41) is 6.32. The van der Waals surface area contributed by atoms with Crippen LogP contribution in [0.15, 0.2) is 24.3 Å². The highest BCUT2D eigenvalue weighted by Crippen LogP contribution is 2.13. The van der Waals surface area contributed by atoms with Gasteiger partial charge in [-0.1, -0.05) is 39.3 Å². The van der Waals surface area contributed by atoms with Crippen molar-refractivity contribution in [3.05, 3.63) is 29.8 Å². The van der Waals surface area contributed by atoms with Crippen LogP contribution in [0.2, 0.25) is 0 Å². The zero-order valence-corrected chi connectivity index (χ0v) is 12.3. The predicted molar refractivity (Wildman–Crippen MR) is 81.1 cm³/mol. The Hall–Kier alpha value is -1.35. The van der Waals surface area contributed by atoms with Crippen molar-refractivity contribution in [1.29, 1.82) is 0 Å². The quantitative estimate of drug-likeness (QED) is 0.703. The van der Waals surface area contributed by atoms with Crippen molar-refractivity contribution in [3.8, 4) is 0 Å². The van der Waals surface area contributed by atoms with Gasteiger partial charge in [-0.25, -0.2) is 0 Å². The molecule has 0 saturated heterocycles. The first-order valence-electron chi connectivity index (χ1n) is 7.27. The Morgan fingerprint density at radius 2 is 1.84 bits per heavy atom. The van der Waals surface area contributed by atoms with Crippen molar-refractivity contribution in [2.45, 2.75) is 46.6 Å². The molecule has 1 atom stereocenters. The molecule has 0 radical (unpaired) electrons. The van der Waals surface area contributed by atoms with E-state index < -0.39 is 0 Å². The van der Waals surface area contributed by atoms with Crippen molar-refractivity contribution in [3.63, 3.8) is 0 Å². The van der Waals surface area contributed by atoms with E-state index in [-0.39, 0.29) is 11.8 Å². The molecule has 0 fully saturated rings. The molecule has 0 spiro atoms. The van der Waals surface area contributed by atoms with E-state index in [2.05, 4.69) is 36.6 Å². The van der Waals surface area contributed by atoms with Gasteiger partial charge in [0.25, 0.3) is 0 Å². The van der Waals surface area contributed by atoms with E-state index in [4.69, 9.17) is 0 Å². The Balaban J connectivity index is 2.45. The summed E-state index contributed by atoms with van der Waals surface area (Å²) >= 11 is 0. The van der Waals surface area contributed by atoms with E-state index in [0.29, 0.717) is 0 Å². The van der Waals surface area contributed by atoms with Gasteiger partial charge in [0, 0.05) is 18.2 Å². The third-order valence-electron chi connectivity index (χ3n) is 3.15. The van der Waals surface area contributed by atoms with Gasteiger partial charge in [0.1, 0.15) is 0 Å². The molecule has 0 heterocycles. The lowest BCUT2D eigenvalue weighted by Crippen LogP contribution is -2.20. The summed E-state index contributed by atoms with van der Waals surface area (Å²) in [6, 6.07) is 8.06. The van der Waals surface area contributed by atoms with E-state index in [1.54, 1.807) is 0 Å². The van der Waals surface area contributed by atoms with Crippen LogP contribution in [0.1, 0.15) is 45.6 Å². The van der Waals surface area contributed by atoms with Crippen LogP contribution >= 0.6 is 0 Å². The van der Waals surface area contributed by atoms with Crippen LogP contribution in [0.5, 0.6) is 0 Å². The molecule has 3 heteroatoms. The summed E-state index contributed by atoms with van der Waals surface area (Å²) in [4.78, 5) is 11.9. The maximum absolute atomic E-state index is 11.9. The van der Waals surface area contributed by atoms with Crippen LogP contribution in [-0.2, 0) is 11.3 Å². The summed E-state index contributed by atoms with van der Waals surface area (Å²) in [5.74, 6) is 0.189. The third-order valence-corrected chi connectivity index (χ3v) is 3.15. The Kier molecular flexibility index (Phi) is 7.19. The highest BCUT2D eigenvalue weighted by atomic mass is 16.1. The number of hydrogen-bond acceptors (Lipinski definition) is 2. The average Bonchev–Trinajstić information content (AvgIpc) is 2.41. The van der Waals surface area contributed by atoms with Crippen molar-refractivity contribution in [2.24, 2.45) is 5.92 Å². The summed E-state index contributed by atoms with van der Waals surface area (Å²) in [7, 11) is 0. The molecule has 1 aromatic rings. The van der Waals surface area contributed by atoms with E-state index >= 15 is 0 Å². The fraction of sp³-hybridized carbons (Fsp3) is 0.562. The average molecular weight is 262 g/mol. The fourth-order valence-electron chi connectivity index (χ4n) is 1.94. The van der Waals surface area contributed by atoms with Crippen molar-refractivity contribution < 1.29 is 4.79 Å². The second-order valence-corrected chi connectivity index (χ2v) is 5.05. The molecule has 106 valence electrons. The molecule has 1 unspecified atom stereocenters. The smallest absolute Gasteiger partial charge is 0.227 e. The highest BCUT2D eigenvalue weighted by molar-refractivity contribution is 5.92. The molecule has 19 heavy (non-hydrogen) atoms. The minimum atomic E-state index is 0.0795. The Morgan fingerprint density at radius 3 is 2.42 bits per heavy atom. The van der Waals surface area contributed by atoms with Gasteiger partial charge in [-0.2, -0.15) is 0 Å². The lowest BCUT2D eigenvalue weighted by Gasteiger charge is -2.11. The van der Waals surface area contributed by atoms with E-state index in [9.17, 15) is 4.79 Å². The first-order valence-corrected chi connectivity index (χ1v) is 7.27. The number of nitrogens with one attached hydrogen (secondary N) is 2. The van der Waals surface area contributed by atoms with Crippen LogP contribution in [0, 0.1) is 5.92 Å². The number of amides is 1. The monoisotopic (exact) mass is 262 g/mol. The summed E-state index contributed by atoms with van der Waals surface area (Å²) in [6.45, 7) is 8.15. The molecular formula is C16H26N2O. The third kappa shape index (κ3) is 5.88. The van der Waals surface area contributed by atoms with Crippen molar-refractivity contribution in [1.82, 2.24) is 5.32 Å². The molecular weight excluding hydrogens is 236 g/mol. The molecule has 1 rings (SSSR count). The second-order valence-electron chi connectivity index (χ2n) is 5.05. The van der Waals surface area contributed by atoms with Gasteiger partial charge in [0.15, 0.2) is 0 Å². The second kappa shape index (κ2) is 8.70. The first-order chi connectivity index (χ1) is 9.17. The van der Waals surface area contributed by atoms with E-state index in [1.165, 1.54) is 5.56 Å². The van der Waals surface area contributed by atoms with Gasteiger partial charge in [-0.05, 0) is 37.1 Å². The van der Waals surface area contributed by atoms with Crippen molar-refractivity contribution >= 4 is 11.6 Å². The minimum absolute atomic E-state index is 0.0795. The maximum Gasteiger partial charge on any atom is 0.227 e. The molecule has 1 amide bonds. The van der Waals surface area contributed by atoms with Gasteiger partial charge in [0.05, 0.1) is 0 Å². The number of anilines is 1. The molecule has 0 aromatic heterocycles. The number of rotatable bonds is 8. The van der Waals surface area contributed by atoms with Gasteiger partial charge in [-0.15, -0.1) is 0 Å². The lowest BCUT2D eigenvalue weighted by atomic mass is 10.1. The molecule has 0 saturated carbocycles. The van der Waals surface area contributed by atoms with Crippen LogP contribution in [0.4, 0.5) is 5.69 Å². The SMILES string of the molecule is CCCNCc1ccc(NC(=O)C(C)CCC)cc1. The molecule has 0 aliphatic rings. The summed E-state index contributed by atoms with van der Waals surface area (Å²) < 4.78 is 0. The highest BCUT2D eigenvalue weighted by Gasteiger charge is 2.11. The van der Waals surface area contributed by atoms with Crippen LogP contribution < -0.4 is 10.6 Å². The molecule has 0 aliphatic carbocycles. The Labute approximate surface area is 116 Å². The number of hydrogen-bond donors (Lipinski definition) is 2. The van der Waals surface area contributed by atoms with Crippen LogP contribution in [0.25, 0.3) is 0 Å². The molecule has 0 aliphatic heterocycles. The molecule has 0 bridgehead atoms. The molecule has 1 aromatic carbocycles. The van der Waals surface area contributed by atoms with Gasteiger partial charge < -0.3 is 10.6 Å².